The van der Waals surface area contributed by atoms with E-state index in [0.29, 0.717) is 0 Å². The molecule has 0 aliphatic carbocycles. The maximum Gasteiger partial charge on any atom is 0.333 e. The van der Waals surface area contributed by atoms with E-state index in [-0.39, 0.29) is 12.3 Å². The van der Waals surface area contributed by atoms with E-state index in [0.717, 1.165) is 60.9 Å². The molecular formula is C51H33BN2O2. The van der Waals surface area contributed by atoms with Gasteiger partial charge >= 0.3 is 6.85 Å². The maximum atomic E-state index is 7.05. The average Bonchev–Trinajstić information content (AvgIpc) is 3.82. The lowest BCUT2D eigenvalue weighted by molar-refractivity contribution is 0.631. The summed E-state index contributed by atoms with van der Waals surface area (Å²) in [5.74, 6) is 0. The molecule has 0 unspecified atom stereocenters. The predicted molar refractivity (Wildman–Crippen MR) is 232 cm³/mol. The molecule has 5 heteroatoms. The van der Waals surface area contributed by atoms with Crippen LogP contribution in [0.2, 0.25) is 0 Å². The lowest BCUT2D eigenvalue weighted by Crippen LogP contribution is -2.62. The number of nitrogens with zero attached hydrogens (tertiary/aromatic N) is 2. The zero-order valence-corrected chi connectivity index (χ0v) is 30.9. The second-order valence-electron chi connectivity index (χ2n) is 16.0. The Labute approximate surface area is 323 Å². The second-order valence-corrected chi connectivity index (χ2v) is 16.0. The van der Waals surface area contributed by atoms with Crippen molar-refractivity contribution in [3.8, 4) is 22.3 Å². The van der Waals surface area contributed by atoms with Crippen molar-refractivity contribution in [1.82, 2.24) is 0 Å². The van der Waals surface area contributed by atoms with Crippen molar-refractivity contribution in [2.24, 2.45) is 0 Å². The van der Waals surface area contributed by atoms with Crippen LogP contribution in [0.1, 0.15) is 25.0 Å². The molecule has 0 bridgehead atoms. The van der Waals surface area contributed by atoms with E-state index >= 15 is 0 Å². The van der Waals surface area contributed by atoms with Gasteiger partial charge in [0.1, 0.15) is 11.2 Å². The molecule has 5 heterocycles. The molecule has 262 valence electrons. The van der Waals surface area contributed by atoms with Gasteiger partial charge in [-0.3, -0.25) is 0 Å². The highest BCUT2D eigenvalue weighted by atomic mass is 16.3. The van der Waals surface area contributed by atoms with E-state index < -0.39 is 0 Å². The third-order valence-electron chi connectivity index (χ3n) is 12.8. The fraction of sp³-hybridized carbons (Fsp3) is 0.0588. The number of hydrogen-bond donors (Lipinski definition) is 0. The zero-order valence-electron chi connectivity index (χ0n) is 30.9. The molecule has 13 rings (SSSR count). The normalized spacial score (nSPS) is 14.6. The van der Waals surface area contributed by atoms with Crippen LogP contribution in [0.5, 0.6) is 0 Å². The van der Waals surface area contributed by atoms with Crippen LogP contribution in [0, 0.1) is 0 Å². The highest BCUT2D eigenvalue weighted by Gasteiger charge is 2.51. The summed E-state index contributed by atoms with van der Waals surface area (Å²) in [5.41, 5.74) is 19.0. The molecule has 2 aromatic heterocycles. The standard InChI is InChI=1S/C51H33BN2O2/c1-51(2)38-19-8-9-22-42(38)53-47-39(51)20-13-21-40(47)52-46-36(29-37-33-17-7-11-25-45(33)56-50(37)48(46)53)35-28-31(30-14-4-3-5-15-30)26-27-41(35)54(52)43-23-12-18-34-32-16-6-10-24-44(32)55-49(34)43/h3-29H,1-2H3. The highest BCUT2D eigenvalue weighted by molar-refractivity contribution is 6.94. The van der Waals surface area contributed by atoms with Crippen molar-refractivity contribution in [2.45, 2.75) is 19.3 Å². The summed E-state index contributed by atoms with van der Waals surface area (Å²) in [7, 11) is 0. The number of para-hydroxylation sites is 5. The Kier molecular flexibility index (Phi) is 5.76. The van der Waals surface area contributed by atoms with E-state index in [4.69, 9.17) is 8.83 Å². The Balaban J connectivity index is 1.23. The number of fused-ring (bicyclic) bond motifs is 13. The van der Waals surface area contributed by atoms with Crippen molar-refractivity contribution in [3.05, 3.63) is 175 Å². The Hall–Kier alpha value is -6.98. The van der Waals surface area contributed by atoms with Crippen molar-refractivity contribution in [3.63, 3.8) is 0 Å². The van der Waals surface area contributed by atoms with Crippen molar-refractivity contribution in [1.29, 1.82) is 0 Å². The first-order valence-corrected chi connectivity index (χ1v) is 19.5. The molecule has 56 heavy (non-hydrogen) atoms. The summed E-state index contributed by atoms with van der Waals surface area (Å²) in [6, 6.07) is 59.6. The van der Waals surface area contributed by atoms with Crippen LogP contribution in [-0.2, 0) is 5.41 Å². The first kappa shape index (κ1) is 30.4. The molecule has 3 aliphatic rings. The van der Waals surface area contributed by atoms with Crippen molar-refractivity contribution < 1.29 is 8.83 Å². The maximum absolute atomic E-state index is 7.05. The van der Waals surface area contributed by atoms with Crippen LogP contribution in [0.25, 0.3) is 66.1 Å². The minimum atomic E-state index is -0.235. The van der Waals surface area contributed by atoms with E-state index in [2.05, 4.69) is 187 Å². The van der Waals surface area contributed by atoms with E-state index in [1.807, 2.05) is 0 Å². The lowest BCUT2D eigenvalue weighted by atomic mass is 9.42. The van der Waals surface area contributed by atoms with Gasteiger partial charge in [-0.1, -0.05) is 135 Å². The van der Waals surface area contributed by atoms with Gasteiger partial charge < -0.3 is 18.5 Å². The summed E-state index contributed by atoms with van der Waals surface area (Å²) < 4.78 is 13.9. The molecule has 0 saturated carbocycles. The Morgan fingerprint density at radius 1 is 0.464 bits per heavy atom. The molecule has 8 aromatic carbocycles. The van der Waals surface area contributed by atoms with Gasteiger partial charge in [-0.25, -0.2) is 0 Å². The molecule has 0 radical (unpaired) electrons. The smallest absolute Gasteiger partial charge is 0.333 e. The summed E-state index contributed by atoms with van der Waals surface area (Å²) in [4.78, 5) is 5.10. The topological polar surface area (TPSA) is 32.8 Å². The fourth-order valence-corrected chi connectivity index (χ4v) is 10.3. The highest BCUT2D eigenvalue weighted by Crippen LogP contribution is 2.57. The third-order valence-corrected chi connectivity index (χ3v) is 12.8. The SMILES string of the molecule is CC1(C)c2ccccc2N2c3c(cccc31)B1c3c(cc4c(oc5ccccc54)c32)-c2cc(-c3ccccc3)ccc2N1c1cccc2c1oc1ccccc12. The number of hydrogen-bond acceptors (Lipinski definition) is 4. The Morgan fingerprint density at radius 2 is 1.12 bits per heavy atom. The van der Waals surface area contributed by atoms with Crippen LogP contribution in [0.15, 0.2) is 173 Å². The average molecular weight is 717 g/mol. The zero-order chi connectivity index (χ0) is 36.9. The molecule has 0 fully saturated rings. The largest absolute Gasteiger partial charge is 0.454 e. The van der Waals surface area contributed by atoms with Gasteiger partial charge in [-0.2, -0.15) is 0 Å². The monoisotopic (exact) mass is 716 g/mol. The molecule has 0 atom stereocenters. The van der Waals surface area contributed by atoms with Gasteiger partial charge in [-0.05, 0) is 81.2 Å². The quantitative estimate of drug-likeness (QED) is 0.167. The summed E-state index contributed by atoms with van der Waals surface area (Å²) in [5, 5.41) is 4.48. The van der Waals surface area contributed by atoms with Gasteiger partial charge in [0.25, 0.3) is 0 Å². The van der Waals surface area contributed by atoms with Crippen molar-refractivity contribution in [2.75, 3.05) is 9.71 Å². The minimum absolute atomic E-state index is 0.182. The van der Waals surface area contributed by atoms with E-state index in [1.54, 1.807) is 0 Å². The molecule has 3 aliphatic heterocycles. The Bertz CT molecular complexity index is 3320. The summed E-state index contributed by atoms with van der Waals surface area (Å²) >= 11 is 0. The van der Waals surface area contributed by atoms with E-state index in [9.17, 15) is 0 Å². The molecule has 0 amide bonds. The number of anilines is 5. The van der Waals surface area contributed by atoms with Crippen LogP contribution in [-0.4, -0.2) is 6.85 Å². The minimum Gasteiger partial charge on any atom is -0.454 e. The first-order chi connectivity index (χ1) is 27.6. The van der Waals surface area contributed by atoms with Gasteiger partial charge in [0.15, 0.2) is 11.2 Å². The molecule has 0 spiro atoms. The molecule has 0 saturated heterocycles. The molecule has 4 nitrogen and oxygen atoms in total. The van der Waals surface area contributed by atoms with Gasteiger partial charge in [0.2, 0.25) is 0 Å². The Morgan fingerprint density at radius 3 is 1.96 bits per heavy atom. The van der Waals surface area contributed by atoms with Gasteiger partial charge in [0, 0.05) is 43.9 Å². The van der Waals surface area contributed by atoms with Crippen LogP contribution in [0.4, 0.5) is 28.4 Å². The number of rotatable bonds is 2. The molecule has 0 N–H and O–H groups in total. The first-order valence-electron chi connectivity index (χ1n) is 19.5. The summed E-state index contributed by atoms with van der Waals surface area (Å²) in [6.45, 7) is 4.56. The predicted octanol–water partition coefficient (Wildman–Crippen LogP) is 12.5. The van der Waals surface area contributed by atoms with Crippen LogP contribution < -0.4 is 20.6 Å². The van der Waals surface area contributed by atoms with Crippen LogP contribution >= 0.6 is 0 Å². The number of furan rings is 2. The van der Waals surface area contributed by atoms with Crippen LogP contribution in [0.3, 0.4) is 0 Å². The summed E-state index contributed by atoms with van der Waals surface area (Å²) in [6.07, 6.45) is 0. The van der Waals surface area contributed by atoms with Gasteiger partial charge in [0.05, 0.1) is 17.1 Å². The molecule has 10 aromatic rings. The number of benzene rings is 8. The van der Waals surface area contributed by atoms with E-state index in [1.165, 1.54) is 55.7 Å². The van der Waals surface area contributed by atoms with Crippen molar-refractivity contribution >= 4 is 90.1 Å². The third kappa shape index (κ3) is 3.75. The molecular weight excluding hydrogens is 683 g/mol. The van der Waals surface area contributed by atoms with Gasteiger partial charge in [-0.15, -0.1) is 0 Å². The lowest BCUT2D eigenvalue weighted by Gasteiger charge is -2.50. The fourth-order valence-electron chi connectivity index (χ4n) is 10.3. The second kappa shape index (κ2) is 10.6.